The van der Waals surface area contributed by atoms with E-state index in [9.17, 15) is 5.11 Å². The van der Waals surface area contributed by atoms with Crippen molar-refractivity contribution in [2.45, 2.75) is 90.1 Å². The second-order valence-electron chi connectivity index (χ2n) is 7.58. The normalized spacial score (nSPS) is 24.0. The summed E-state index contributed by atoms with van der Waals surface area (Å²) in [6.07, 6.45) is 14.0. The van der Waals surface area contributed by atoms with Gasteiger partial charge in [-0.05, 0) is 25.7 Å². The van der Waals surface area contributed by atoms with Crippen LogP contribution in [0.25, 0.3) is 0 Å². The lowest BCUT2D eigenvalue weighted by Gasteiger charge is -2.45. The second-order valence-corrected chi connectivity index (χ2v) is 7.58. The summed E-state index contributed by atoms with van der Waals surface area (Å²) in [6, 6.07) is 1.59. The van der Waals surface area contributed by atoms with Crippen LogP contribution in [0, 0.1) is 5.41 Å². The molecule has 0 unspecified atom stereocenters. The van der Waals surface area contributed by atoms with Crippen LogP contribution in [-0.2, 0) is 0 Å². The number of hydrogen-bond donors (Lipinski definition) is 1. The summed E-state index contributed by atoms with van der Waals surface area (Å²) in [6.45, 7) is 5.82. The molecule has 2 aliphatic carbocycles. The SMILES string of the molecule is CC(C)(CO)CN(C1CCCCC1)C1CCCCC1. The van der Waals surface area contributed by atoms with E-state index < -0.39 is 0 Å². The van der Waals surface area contributed by atoms with Crippen LogP contribution in [0.3, 0.4) is 0 Å². The van der Waals surface area contributed by atoms with E-state index in [4.69, 9.17) is 0 Å². The van der Waals surface area contributed by atoms with Crippen LogP contribution in [0.4, 0.5) is 0 Å². The molecular weight excluding hydrogens is 234 g/mol. The monoisotopic (exact) mass is 267 g/mol. The maximum absolute atomic E-state index is 9.61. The van der Waals surface area contributed by atoms with Crippen LogP contribution < -0.4 is 0 Å². The summed E-state index contributed by atoms with van der Waals surface area (Å²) in [4.78, 5) is 2.80. The van der Waals surface area contributed by atoms with E-state index in [1.165, 1.54) is 64.2 Å². The molecule has 0 saturated heterocycles. The van der Waals surface area contributed by atoms with Crippen molar-refractivity contribution in [1.29, 1.82) is 0 Å². The predicted octanol–water partition coefficient (Wildman–Crippen LogP) is 3.97. The lowest BCUT2D eigenvalue weighted by Crippen LogP contribution is -2.49. The molecule has 2 fully saturated rings. The molecule has 0 spiro atoms. The topological polar surface area (TPSA) is 23.5 Å². The molecule has 2 nitrogen and oxygen atoms in total. The van der Waals surface area contributed by atoms with E-state index in [0.29, 0.717) is 6.61 Å². The number of aliphatic hydroxyl groups excluding tert-OH is 1. The summed E-state index contributed by atoms with van der Waals surface area (Å²) < 4.78 is 0. The van der Waals surface area contributed by atoms with Crippen molar-refractivity contribution in [3.8, 4) is 0 Å². The molecule has 0 heterocycles. The Labute approximate surface area is 119 Å². The molecule has 2 aliphatic rings. The highest BCUT2D eigenvalue weighted by Gasteiger charge is 2.32. The Morgan fingerprint density at radius 3 is 1.63 bits per heavy atom. The zero-order valence-electron chi connectivity index (χ0n) is 13.0. The van der Waals surface area contributed by atoms with E-state index in [1.54, 1.807) is 0 Å². The van der Waals surface area contributed by atoms with E-state index >= 15 is 0 Å². The molecule has 2 rings (SSSR count). The highest BCUT2D eigenvalue weighted by molar-refractivity contribution is 4.87. The lowest BCUT2D eigenvalue weighted by molar-refractivity contribution is 0.0231. The fraction of sp³-hybridized carbons (Fsp3) is 1.00. The third-order valence-corrected chi connectivity index (χ3v) is 5.13. The maximum atomic E-state index is 9.61. The molecule has 2 saturated carbocycles. The molecule has 0 bridgehead atoms. The third-order valence-electron chi connectivity index (χ3n) is 5.13. The lowest BCUT2D eigenvalue weighted by atomic mass is 9.85. The van der Waals surface area contributed by atoms with Crippen LogP contribution in [0.1, 0.15) is 78.1 Å². The van der Waals surface area contributed by atoms with Gasteiger partial charge in [0, 0.05) is 30.7 Å². The van der Waals surface area contributed by atoms with Gasteiger partial charge in [0.05, 0.1) is 0 Å². The van der Waals surface area contributed by atoms with Crippen LogP contribution in [0.15, 0.2) is 0 Å². The van der Waals surface area contributed by atoms with Crippen molar-refractivity contribution in [1.82, 2.24) is 4.90 Å². The number of aliphatic hydroxyl groups is 1. The zero-order chi connectivity index (χ0) is 13.7. The van der Waals surface area contributed by atoms with Gasteiger partial charge in [-0.25, -0.2) is 0 Å². The van der Waals surface area contributed by atoms with E-state index in [1.807, 2.05) is 0 Å². The van der Waals surface area contributed by atoms with E-state index in [0.717, 1.165) is 18.6 Å². The first-order valence-corrected chi connectivity index (χ1v) is 8.49. The van der Waals surface area contributed by atoms with Crippen molar-refractivity contribution in [2.24, 2.45) is 5.41 Å². The molecule has 2 heteroatoms. The summed E-state index contributed by atoms with van der Waals surface area (Å²) in [5, 5.41) is 9.61. The van der Waals surface area contributed by atoms with Crippen LogP contribution in [0.5, 0.6) is 0 Å². The standard InChI is InChI=1S/C17H33NO/c1-17(2,14-19)13-18(15-9-5-3-6-10-15)16-11-7-4-8-12-16/h15-16,19H,3-14H2,1-2H3. The Bertz CT molecular complexity index is 234. The summed E-state index contributed by atoms with van der Waals surface area (Å²) >= 11 is 0. The predicted molar refractivity (Wildman–Crippen MR) is 81.3 cm³/mol. The Morgan fingerprint density at radius 2 is 1.26 bits per heavy atom. The van der Waals surface area contributed by atoms with Gasteiger partial charge in [-0.3, -0.25) is 4.90 Å². The van der Waals surface area contributed by atoms with Gasteiger partial charge in [0.15, 0.2) is 0 Å². The minimum absolute atomic E-state index is 0.0505. The zero-order valence-corrected chi connectivity index (χ0v) is 13.0. The van der Waals surface area contributed by atoms with Crippen molar-refractivity contribution in [3.63, 3.8) is 0 Å². The van der Waals surface area contributed by atoms with Crippen LogP contribution in [0.2, 0.25) is 0 Å². The maximum Gasteiger partial charge on any atom is 0.0494 e. The number of rotatable bonds is 5. The Kier molecular flexibility index (Phi) is 5.70. The Hall–Kier alpha value is -0.0800. The second kappa shape index (κ2) is 7.08. The minimum Gasteiger partial charge on any atom is -0.396 e. The molecular formula is C17H33NO. The first-order chi connectivity index (χ1) is 9.12. The summed E-state index contributed by atoms with van der Waals surface area (Å²) in [7, 11) is 0. The minimum atomic E-state index is 0.0505. The first kappa shape index (κ1) is 15.3. The van der Waals surface area contributed by atoms with Gasteiger partial charge in [-0.1, -0.05) is 52.4 Å². The molecule has 1 N–H and O–H groups in total. The van der Waals surface area contributed by atoms with E-state index in [2.05, 4.69) is 18.7 Å². The molecule has 0 radical (unpaired) electrons. The largest absolute Gasteiger partial charge is 0.396 e. The van der Waals surface area contributed by atoms with Gasteiger partial charge in [-0.15, -0.1) is 0 Å². The van der Waals surface area contributed by atoms with Gasteiger partial charge >= 0.3 is 0 Å². The van der Waals surface area contributed by atoms with Crippen molar-refractivity contribution in [2.75, 3.05) is 13.2 Å². The summed E-state index contributed by atoms with van der Waals surface area (Å²) in [5.74, 6) is 0. The van der Waals surface area contributed by atoms with Gasteiger partial charge in [0.25, 0.3) is 0 Å². The highest BCUT2D eigenvalue weighted by Crippen LogP contribution is 2.32. The fourth-order valence-electron chi connectivity index (χ4n) is 3.93. The van der Waals surface area contributed by atoms with Gasteiger partial charge < -0.3 is 5.11 Å². The van der Waals surface area contributed by atoms with Crippen molar-refractivity contribution >= 4 is 0 Å². The van der Waals surface area contributed by atoms with Crippen molar-refractivity contribution in [3.05, 3.63) is 0 Å². The molecule has 0 atom stereocenters. The Balaban J connectivity index is 2.02. The van der Waals surface area contributed by atoms with Crippen LogP contribution >= 0.6 is 0 Å². The highest BCUT2D eigenvalue weighted by atomic mass is 16.3. The number of nitrogens with zero attached hydrogens (tertiary/aromatic N) is 1. The number of hydrogen-bond acceptors (Lipinski definition) is 2. The van der Waals surface area contributed by atoms with Crippen LogP contribution in [-0.4, -0.2) is 35.2 Å². The molecule has 0 aromatic carbocycles. The van der Waals surface area contributed by atoms with Gasteiger partial charge in [-0.2, -0.15) is 0 Å². The van der Waals surface area contributed by atoms with Crippen molar-refractivity contribution < 1.29 is 5.11 Å². The Morgan fingerprint density at radius 1 is 0.842 bits per heavy atom. The summed E-state index contributed by atoms with van der Waals surface area (Å²) in [5.41, 5.74) is 0.0505. The molecule has 112 valence electrons. The molecule has 0 aromatic heterocycles. The molecule has 0 amide bonds. The van der Waals surface area contributed by atoms with Gasteiger partial charge in [0.2, 0.25) is 0 Å². The quantitative estimate of drug-likeness (QED) is 0.814. The molecule has 19 heavy (non-hydrogen) atoms. The average Bonchev–Trinajstić information content (AvgIpc) is 2.47. The molecule has 0 aliphatic heterocycles. The average molecular weight is 267 g/mol. The van der Waals surface area contributed by atoms with E-state index in [-0.39, 0.29) is 5.41 Å². The fourth-order valence-corrected chi connectivity index (χ4v) is 3.93. The molecule has 0 aromatic rings. The van der Waals surface area contributed by atoms with Gasteiger partial charge in [0.1, 0.15) is 0 Å². The smallest absolute Gasteiger partial charge is 0.0494 e. The third kappa shape index (κ3) is 4.46. The first-order valence-electron chi connectivity index (χ1n) is 8.49.